The Morgan fingerprint density at radius 3 is 2.08 bits per heavy atom. The molecule has 1 fully saturated rings. The molecule has 0 atom stereocenters. The van der Waals surface area contributed by atoms with Gasteiger partial charge in [0.2, 0.25) is 5.91 Å². The van der Waals surface area contributed by atoms with Crippen LogP contribution in [0.1, 0.15) is 34.6 Å². The quantitative estimate of drug-likeness (QED) is 0.587. The van der Waals surface area contributed by atoms with Crippen LogP contribution in [0.3, 0.4) is 0 Å². The van der Waals surface area contributed by atoms with Crippen molar-refractivity contribution in [3.63, 3.8) is 0 Å². The van der Waals surface area contributed by atoms with E-state index in [9.17, 15) is 4.79 Å². The Morgan fingerprint density at radius 2 is 1.92 bits per heavy atom. The van der Waals surface area contributed by atoms with Crippen molar-refractivity contribution in [2.24, 2.45) is 0 Å². The predicted octanol–water partition coefficient (Wildman–Crippen LogP) is 0.953. The van der Waals surface area contributed by atoms with Crippen molar-refractivity contribution in [2.75, 3.05) is 6.67 Å². The summed E-state index contributed by atoms with van der Waals surface area (Å²) in [6, 6.07) is 0. The second kappa shape index (κ2) is 2.46. The van der Waals surface area contributed by atoms with Crippen LogP contribution in [0.2, 0.25) is 0 Å². The van der Waals surface area contributed by atoms with Crippen LogP contribution in [0.5, 0.6) is 0 Å². The summed E-state index contributed by atoms with van der Waals surface area (Å²) >= 11 is 0. The molecule has 0 aromatic carbocycles. The fourth-order valence-corrected chi connectivity index (χ4v) is 1.30. The minimum atomic E-state index is -0.382. The lowest BCUT2D eigenvalue weighted by Gasteiger charge is -2.31. The summed E-state index contributed by atoms with van der Waals surface area (Å²) in [7, 11) is 0. The van der Waals surface area contributed by atoms with Gasteiger partial charge in [-0.05, 0) is 34.6 Å². The lowest BCUT2D eigenvalue weighted by Crippen LogP contribution is -2.46. The van der Waals surface area contributed by atoms with Crippen LogP contribution in [0.15, 0.2) is 0 Å². The van der Waals surface area contributed by atoms with E-state index in [1.54, 1.807) is 0 Å². The lowest BCUT2D eigenvalue weighted by atomic mass is 10.0. The van der Waals surface area contributed by atoms with Gasteiger partial charge >= 0.3 is 0 Å². The summed E-state index contributed by atoms with van der Waals surface area (Å²) in [6.45, 7) is 10.6. The molecular weight excluding hydrogens is 152 g/mol. The molecule has 70 valence electrons. The maximum absolute atomic E-state index is 11.7. The first-order valence-electron chi connectivity index (χ1n) is 4.32. The minimum Gasteiger partial charge on any atom is -0.323 e. The van der Waals surface area contributed by atoms with Crippen molar-refractivity contribution in [1.29, 1.82) is 0 Å². The van der Waals surface area contributed by atoms with Crippen molar-refractivity contribution in [3.05, 3.63) is 0 Å². The molecule has 1 heterocycles. The van der Waals surface area contributed by atoms with Crippen LogP contribution in [-0.4, -0.2) is 28.6 Å². The first kappa shape index (κ1) is 9.52. The highest BCUT2D eigenvalue weighted by molar-refractivity contribution is 5.87. The van der Waals surface area contributed by atoms with Crippen LogP contribution in [0.4, 0.5) is 0 Å². The molecule has 0 aromatic rings. The Bertz CT molecular complexity index is 203. The molecule has 0 bridgehead atoms. The minimum absolute atomic E-state index is 0.0716. The summed E-state index contributed by atoms with van der Waals surface area (Å²) in [5.41, 5.74) is -0.453. The normalized spacial score (nSPS) is 23.4. The van der Waals surface area contributed by atoms with E-state index in [0.29, 0.717) is 6.67 Å². The summed E-state index contributed by atoms with van der Waals surface area (Å²) in [5.74, 6) is 0.190. The summed E-state index contributed by atoms with van der Waals surface area (Å²) in [5, 5.41) is 3.18. The van der Waals surface area contributed by atoms with Crippen molar-refractivity contribution in [1.82, 2.24) is 10.2 Å². The number of nitrogens with one attached hydrogen (secondary N) is 1. The van der Waals surface area contributed by atoms with Gasteiger partial charge in [-0.1, -0.05) is 0 Å². The monoisotopic (exact) mass is 170 g/mol. The van der Waals surface area contributed by atoms with Crippen LogP contribution in [-0.2, 0) is 4.79 Å². The number of hydrogen-bond donors (Lipinski definition) is 1. The van der Waals surface area contributed by atoms with Crippen LogP contribution in [0.25, 0.3) is 0 Å². The van der Waals surface area contributed by atoms with Gasteiger partial charge in [-0.25, -0.2) is 0 Å². The highest BCUT2D eigenvalue weighted by Crippen LogP contribution is 2.22. The van der Waals surface area contributed by atoms with Crippen LogP contribution >= 0.6 is 0 Å². The maximum Gasteiger partial charge on any atom is 0.243 e. The summed E-state index contributed by atoms with van der Waals surface area (Å²) in [4.78, 5) is 13.6. The van der Waals surface area contributed by atoms with Gasteiger partial charge in [0.15, 0.2) is 0 Å². The Morgan fingerprint density at radius 1 is 1.42 bits per heavy atom. The molecule has 1 rings (SSSR count). The van der Waals surface area contributed by atoms with E-state index >= 15 is 0 Å². The van der Waals surface area contributed by atoms with E-state index in [-0.39, 0.29) is 17.0 Å². The predicted molar refractivity (Wildman–Crippen MR) is 48.7 cm³/mol. The zero-order valence-corrected chi connectivity index (χ0v) is 8.56. The van der Waals surface area contributed by atoms with Crippen molar-refractivity contribution >= 4 is 5.91 Å². The summed E-state index contributed by atoms with van der Waals surface area (Å²) in [6.07, 6.45) is 0. The molecule has 0 aromatic heterocycles. The molecule has 1 saturated heterocycles. The molecule has 0 spiro atoms. The van der Waals surface area contributed by atoms with E-state index in [2.05, 4.69) is 5.32 Å². The number of carbonyl (C=O) groups excluding carboxylic acids is 1. The molecule has 0 saturated carbocycles. The van der Waals surface area contributed by atoms with Crippen LogP contribution < -0.4 is 5.32 Å². The molecule has 1 amide bonds. The highest BCUT2D eigenvalue weighted by Gasteiger charge is 2.42. The van der Waals surface area contributed by atoms with E-state index in [0.717, 1.165) is 0 Å². The van der Waals surface area contributed by atoms with E-state index < -0.39 is 0 Å². The average molecular weight is 170 g/mol. The SMILES string of the molecule is CC1(C)NCN(C(C)(C)C)C1=O. The molecule has 1 N–H and O–H groups in total. The van der Waals surface area contributed by atoms with Crippen molar-refractivity contribution < 1.29 is 4.79 Å². The molecule has 12 heavy (non-hydrogen) atoms. The third kappa shape index (κ3) is 1.46. The largest absolute Gasteiger partial charge is 0.323 e. The first-order valence-corrected chi connectivity index (χ1v) is 4.32. The Kier molecular flexibility index (Phi) is 1.95. The smallest absolute Gasteiger partial charge is 0.243 e. The van der Waals surface area contributed by atoms with Gasteiger partial charge in [0.1, 0.15) is 0 Å². The third-order valence-corrected chi connectivity index (χ3v) is 2.27. The molecule has 0 unspecified atom stereocenters. The third-order valence-electron chi connectivity index (χ3n) is 2.27. The Labute approximate surface area is 74.1 Å². The number of amides is 1. The molecular formula is C9H18N2O. The van der Waals surface area contributed by atoms with Crippen molar-refractivity contribution in [2.45, 2.75) is 45.7 Å². The molecule has 0 radical (unpaired) electrons. The van der Waals surface area contributed by atoms with Gasteiger partial charge in [0.05, 0.1) is 12.2 Å². The fraction of sp³-hybridized carbons (Fsp3) is 0.889. The number of carbonyl (C=O) groups is 1. The lowest BCUT2D eigenvalue weighted by molar-refractivity contribution is -0.135. The fourth-order valence-electron chi connectivity index (χ4n) is 1.30. The second-order valence-electron chi connectivity index (χ2n) is 4.86. The van der Waals surface area contributed by atoms with Crippen LogP contribution in [0, 0.1) is 0 Å². The zero-order chi connectivity index (χ0) is 9.57. The second-order valence-corrected chi connectivity index (χ2v) is 4.86. The van der Waals surface area contributed by atoms with Gasteiger partial charge in [0.25, 0.3) is 0 Å². The zero-order valence-electron chi connectivity index (χ0n) is 8.56. The van der Waals surface area contributed by atoms with E-state index in [4.69, 9.17) is 0 Å². The number of nitrogens with zero attached hydrogens (tertiary/aromatic N) is 1. The standard InChI is InChI=1S/C9H18N2O/c1-8(2,3)11-6-10-9(4,5)7(11)12/h10H,6H2,1-5H3. The molecule has 3 heteroatoms. The molecule has 1 aliphatic rings. The first-order chi connectivity index (χ1) is 5.25. The van der Waals surface area contributed by atoms with Gasteiger partial charge in [-0.15, -0.1) is 0 Å². The Hall–Kier alpha value is -0.570. The molecule has 1 aliphatic heterocycles. The van der Waals surface area contributed by atoms with E-state index in [1.165, 1.54) is 0 Å². The average Bonchev–Trinajstić information content (AvgIpc) is 2.06. The maximum atomic E-state index is 11.7. The molecule has 0 aliphatic carbocycles. The Balaban J connectivity index is 2.82. The number of rotatable bonds is 0. The number of hydrogen-bond acceptors (Lipinski definition) is 2. The van der Waals surface area contributed by atoms with Gasteiger partial charge < -0.3 is 4.90 Å². The highest BCUT2D eigenvalue weighted by atomic mass is 16.2. The van der Waals surface area contributed by atoms with Crippen molar-refractivity contribution in [3.8, 4) is 0 Å². The van der Waals surface area contributed by atoms with Gasteiger partial charge in [-0.3, -0.25) is 10.1 Å². The van der Waals surface area contributed by atoms with Gasteiger partial charge in [-0.2, -0.15) is 0 Å². The topological polar surface area (TPSA) is 32.3 Å². The van der Waals surface area contributed by atoms with Gasteiger partial charge in [0, 0.05) is 5.54 Å². The molecule has 3 nitrogen and oxygen atoms in total. The summed E-state index contributed by atoms with van der Waals surface area (Å²) < 4.78 is 0. The van der Waals surface area contributed by atoms with E-state index in [1.807, 2.05) is 39.5 Å².